The van der Waals surface area contributed by atoms with Crippen LogP contribution in [0.3, 0.4) is 0 Å². The van der Waals surface area contributed by atoms with Crippen LogP contribution in [-0.4, -0.2) is 5.11 Å². The molecule has 1 N–H and O–H groups in total. The number of hydrogen-bond donors (Lipinski definition) is 1. The number of fused-ring (bicyclic) bond motifs is 1. The Hall–Kier alpha value is -0.980. The molecule has 0 heterocycles. The first-order valence-corrected chi connectivity index (χ1v) is 5.01. The van der Waals surface area contributed by atoms with Crippen LogP contribution in [0.1, 0.15) is 42.4 Å². The minimum atomic E-state index is 0.493. The Labute approximate surface area is 79.4 Å². The van der Waals surface area contributed by atoms with Crippen LogP contribution in [-0.2, 0) is 6.42 Å². The van der Waals surface area contributed by atoms with Gasteiger partial charge in [-0.25, -0.2) is 0 Å². The number of aryl methyl sites for hydroxylation is 1. The Morgan fingerprint density at radius 3 is 2.85 bits per heavy atom. The highest BCUT2D eigenvalue weighted by molar-refractivity contribution is 5.47. The Kier molecular flexibility index (Phi) is 2.03. The summed E-state index contributed by atoms with van der Waals surface area (Å²) in [5.41, 5.74) is 3.92. The first-order valence-electron chi connectivity index (χ1n) is 5.01. The molecule has 0 unspecified atom stereocenters. The van der Waals surface area contributed by atoms with Gasteiger partial charge in [0.15, 0.2) is 0 Å². The third-order valence-electron chi connectivity index (χ3n) is 3.12. The summed E-state index contributed by atoms with van der Waals surface area (Å²) in [4.78, 5) is 0. The van der Waals surface area contributed by atoms with Crippen molar-refractivity contribution < 1.29 is 5.11 Å². The van der Waals surface area contributed by atoms with Gasteiger partial charge in [0.2, 0.25) is 0 Å². The van der Waals surface area contributed by atoms with E-state index >= 15 is 0 Å². The molecule has 0 bridgehead atoms. The van der Waals surface area contributed by atoms with E-state index in [1.54, 1.807) is 0 Å². The largest absolute Gasteiger partial charge is 0.508 e. The van der Waals surface area contributed by atoms with Gasteiger partial charge in [0.25, 0.3) is 0 Å². The maximum atomic E-state index is 9.75. The van der Waals surface area contributed by atoms with Crippen LogP contribution in [0.4, 0.5) is 0 Å². The fraction of sp³-hybridized carbons (Fsp3) is 0.500. The predicted octanol–water partition coefficient (Wildman–Crippen LogP) is 3.14. The monoisotopic (exact) mass is 176 g/mol. The lowest BCUT2D eigenvalue weighted by atomic mass is 9.81. The Morgan fingerprint density at radius 2 is 2.15 bits per heavy atom. The lowest BCUT2D eigenvalue weighted by molar-refractivity contribution is 0.450. The molecule has 1 aliphatic carbocycles. The molecule has 0 saturated heterocycles. The van der Waals surface area contributed by atoms with Gasteiger partial charge in [-0.2, -0.15) is 0 Å². The van der Waals surface area contributed by atoms with Gasteiger partial charge in [-0.1, -0.05) is 13.0 Å². The lowest BCUT2D eigenvalue weighted by Crippen LogP contribution is -2.08. The Morgan fingerprint density at radius 1 is 1.38 bits per heavy atom. The van der Waals surface area contributed by atoms with Gasteiger partial charge in [0.1, 0.15) is 5.75 Å². The van der Waals surface area contributed by atoms with Crippen LogP contribution in [0, 0.1) is 6.92 Å². The Bertz CT molecular complexity index is 328. The maximum absolute atomic E-state index is 9.75. The number of phenols is 1. The van der Waals surface area contributed by atoms with Crippen LogP contribution in [0.25, 0.3) is 0 Å². The lowest BCUT2D eigenvalue weighted by Gasteiger charge is -2.24. The topological polar surface area (TPSA) is 20.2 Å². The van der Waals surface area contributed by atoms with Gasteiger partial charge in [0.05, 0.1) is 0 Å². The molecule has 1 nitrogen and oxygen atoms in total. The smallest absolute Gasteiger partial charge is 0.119 e. The number of phenolic OH excluding ortho intramolecular Hbond substituents is 1. The van der Waals surface area contributed by atoms with Crippen molar-refractivity contribution >= 4 is 0 Å². The third kappa shape index (κ3) is 1.32. The average molecular weight is 176 g/mol. The summed E-state index contributed by atoms with van der Waals surface area (Å²) < 4.78 is 0. The van der Waals surface area contributed by atoms with Crippen molar-refractivity contribution in [1.29, 1.82) is 0 Å². The second-order valence-corrected chi connectivity index (χ2v) is 4.09. The van der Waals surface area contributed by atoms with E-state index in [-0.39, 0.29) is 0 Å². The second kappa shape index (κ2) is 3.06. The van der Waals surface area contributed by atoms with Crippen molar-refractivity contribution in [1.82, 2.24) is 0 Å². The number of aromatic hydroxyl groups is 1. The third-order valence-corrected chi connectivity index (χ3v) is 3.12. The molecule has 1 aliphatic rings. The summed E-state index contributed by atoms with van der Waals surface area (Å²) in [6.45, 7) is 4.34. The van der Waals surface area contributed by atoms with E-state index in [9.17, 15) is 5.11 Å². The quantitative estimate of drug-likeness (QED) is 0.644. The first-order chi connectivity index (χ1) is 6.20. The summed E-state index contributed by atoms with van der Waals surface area (Å²) in [6, 6.07) is 3.85. The van der Waals surface area contributed by atoms with Gasteiger partial charge in [-0.05, 0) is 49.3 Å². The van der Waals surface area contributed by atoms with Crippen LogP contribution >= 0.6 is 0 Å². The fourth-order valence-electron chi connectivity index (χ4n) is 2.37. The molecule has 0 saturated carbocycles. The highest BCUT2D eigenvalue weighted by Crippen LogP contribution is 2.38. The molecular formula is C12H16O. The number of rotatable bonds is 0. The molecule has 1 aromatic carbocycles. The molecule has 0 spiro atoms. The highest BCUT2D eigenvalue weighted by Gasteiger charge is 2.20. The average Bonchev–Trinajstić information content (AvgIpc) is 2.12. The SMILES string of the molecule is Cc1ccc(O)c2c1CCC[C@H]2C. The van der Waals surface area contributed by atoms with E-state index in [0.717, 1.165) is 6.42 Å². The van der Waals surface area contributed by atoms with Crippen molar-refractivity contribution in [2.45, 2.75) is 39.0 Å². The molecule has 1 atom stereocenters. The molecule has 0 amide bonds. The van der Waals surface area contributed by atoms with Crippen molar-refractivity contribution in [2.24, 2.45) is 0 Å². The zero-order chi connectivity index (χ0) is 9.42. The van der Waals surface area contributed by atoms with Gasteiger partial charge in [0, 0.05) is 5.56 Å². The molecule has 1 aromatic rings. The van der Waals surface area contributed by atoms with Gasteiger partial charge in [-0.15, -0.1) is 0 Å². The molecule has 13 heavy (non-hydrogen) atoms. The highest BCUT2D eigenvalue weighted by atomic mass is 16.3. The summed E-state index contributed by atoms with van der Waals surface area (Å²) in [5, 5.41) is 9.75. The summed E-state index contributed by atoms with van der Waals surface area (Å²) in [7, 11) is 0. The predicted molar refractivity (Wildman–Crippen MR) is 54.2 cm³/mol. The Balaban J connectivity index is 2.60. The molecule has 0 fully saturated rings. The second-order valence-electron chi connectivity index (χ2n) is 4.09. The van der Waals surface area contributed by atoms with Crippen LogP contribution in [0.5, 0.6) is 5.75 Å². The van der Waals surface area contributed by atoms with E-state index in [2.05, 4.69) is 13.8 Å². The van der Waals surface area contributed by atoms with Crippen LogP contribution < -0.4 is 0 Å². The van der Waals surface area contributed by atoms with Gasteiger partial charge < -0.3 is 5.11 Å². The molecule has 2 rings (SSSR count). The van der Waals surface area contributed by atoms with Crippen molar-refractivity contribution in [3.63, 3.8) is 0 Å². The summed E-state index contributed by atoms with van der Waals surface area (Å²) in [5.74, 6) is 1.02. The van der Waals surface area contributed by atoms with E-state index in [1.165, 1.54) is 29.5 Å². The molecule has 70 valence electrons. The van der Waals surface area contributed by atoms with Crippen LogP contribution in [0.15, 0.2) is 12.1 Å². The number of hydrogen-bond acceptors (Lipinski definition) is 1. The zero-order valence-corrected chi connectivity index (χ0v) is 8.30. The van der Waals surface area contributed by atoms with Crippen molar-refractivity contribution in [3.8, 4) is 5.75 Å². The zero-order valence-electron chi connectivity index (χ0n) is 8.30. The molecule has 0 radical (unpaired) electrons. The van der Waals surface area contributed by atoms with Crippen molar-refractivity contribution in [3.05, 3.63) is 28.8 Å². The molecular weight excluding hydrogens is 160 g/mol. The molecule has 1 heteroatoms. The van der Waals surface area contributed by atoms with E-state index in [1.807, 2.05) is 12.1 Å². The van der Waals surface area contributed by atoms with Gasteiger partial charge in [-0.3, -0.25) is 0 Å². The molecule has 0 aliphatic heterocycles. The molecule has 0 aromatic heterocycles. The van der Waals surface area contributed by atoms with Crippen LogP contribution in [0.2, 0.25) is 0 Å². The normalized spacial score (nSPS) is 21.2. The van der Waals surface area contributed by atoms with Gasteiger partial charge >= 0.3 is 0 Å². The van der Waals surface area contributed by atoms with E-state index in [0.29, 0.717) is 11.7 Å². The minimum Gasteiger partial charge on any atom is -0.508 e. The van der Waals surface area contributed by atoms with E-state index < -0.39 is 0 Å². The first kappa shape index (κ1) is 8.61. The maximum Gasteiger partial charge on any atom is 0.119 e. The van der Waals surface area contributed by atoms with E-state index in [4.69, 9.17) is 0 Å². The summed E-state index contributed by atoms with van der Waals surface area (Å²) >= 11 is 0. The van der Waals surface area contributed by atoms with Crippen molar-refractivity contribution in [2.75, 3.05) is 0 Å². The minimum absolute atomic E-state index is 0.493. The summed E-state index contributed by atoms with van der Waals surface area (Å²) in [6.07, 6.45) is 3.61. The standard InChI is InChI=1S/C12H16O/c1-8-6-7-11(13)12-9(2)4-3-5-10(8)12/h6-7,9,13H,3-5H2,1-2H3/t9-/m1/s1. The number of benzene rings is 1. The fourth-order valence-corrected chi connectivity index (χ4v) is 2.37.